The van der Waals surface area contributed by atoms with Crippen LogP contribution in [-0.2, 0) is 0 Å². The molecule has 11 aromatic carbocycles. The average Bonchev–Trinajstić information content (AvgIpc) is 3.47. The summed E-state index contributed by atoms with van der Waals surface area (Å²) in [5, 5.41) is 10.8. The molecule has 0 bridgehead atoms. The van der Waals surface area contributed by atoms with Crippen LogP contribution in [-0.4, -0.2) is 21.6 Å². The van der Waals surface area contributed by atoms with Crippen LogP contribution in [0.4, 0.5) is 0 Å². The van der Waals surface area contributed by atoms with Crippen molar-refractivity contribution in [2.24, 2.45) is 9.98 Å². The fraction of sp³-hybridized carbons (Fsp3) is 0.0149. The van der Waals surface area contributed by atoms with Crippen LogP contribution in [0.15, 0.2) is 271 Å². The van der Waals surface area contributed by atoms with Crippen LogP contribution in [0, 0.1) is 0 Å². The molecular formula is C67H45N5. The van der Waals surface area contributed by atoms with Crippen LogP contribution < -0.4 is 5.32 Å². The van der Waals surface area contributed by atoms with E-state index in [1.807, 2.05) is 30.3 Å². The number of nitrogens with one attached hydrogen (secondary N) is 1. The minimum Gasteiger partial charge on any atom is -0.344 e. The smallest absolute Gasteiger partial charge is 0.160 e. The lowest BCUT2D eigenvalue weighted by molar-refractivity contribution is 0.675. The zero-order valence-electron chi connectivity index (χ0n) is 39.2. The van der Waals surface area contributed by atoms with Crippen LogP contribution in [0.2, 0.25) is 0 Å². The van der Waals surface area contributed by atoms with Crippen molar-refractivity contribution >= 4 is 44.0 Å². The molecule has 5 nitrogen and oxygen atoms in total. The fourth-order valence-corrected chi connectivity index (χ4v) is 10.1. The SMILES string of the molecule is c1ccc(C2=NC(c3ccc4ccccc4c3)NC(c3ccc(-c4ccc5ccccc5c4-c4c(-c5ccc(-c6nc(-c7ccccc7)cc(-c7ccccc7)n6)cc5)ccc5ccccc45)cc3)=N2)cc1. The average molecular weight is 920 g/mol. The summed E-state index contributed by atoms with van der Waals surface area (Å²) in [6.45, 7) is 0. The summed E-state index contributed by atoms with van der Waals surface area (Å²) in [4.78, 5) is 20.6. The van der Waals surface area contributed by atoms with Gasteiger partial charge in [0.1, 0.15) is 12.0 Å². The molecule has 0 radical (unpaired) electrons. The van der Waals surface area contributed by atoms with Crippen LogP contribution in [0.1, 0.15) is 22.9 Å². The van der Waals surface area contributed by atoms with Gasteiger partial charge in [0.2, 0.25) is 0 Å². The Bertz CT molecular complexity index is 3980. The third-order valence-electron chi connectivity index (χ3n) is 13.8. The standard InChI is InChI=1S/C67H45N5/c1-4-19-49(20-5-1)60-43-61(50-21-6-2-7-22-50)69-64(68-60)52-33-29-47(30-34-52)58-40-38-45-17-12-14-26-56(45)62(58)63-57-27-15-13-18-46(57)39-41-59(63)48-31-35-53(36-32-48)66-70-65(51-23-8-3-9-24-51)71-67(72-66)55-37-28-44-16-10-11-25-54(44)42-55/h1-43,67H,(H,70,71,72). The van der Waals surface area contributed by atoms with Gasteiger partial charge in [-0.15, -0.1) is 0 Å². The van der Waals surface area contributed by atoms with E-state index in [-0.39, 0.29) is 6.17 Å². The van der Waals surface area contributed by atoms with Crippen molar-refractivity contribution < 1.29 is 0 Å². The lowest BCUT2D eigenvalue weighted by atomic mass is 9.83. The number of hydrogen-bond acceptors (Lipinski definition) is 5. The topological polar surface area (TPSA) is 62.5 Å². The Morgan fingerprint density at radius 1 is 0.319 bits per heavy atom. The van der Waals surface area contributed by atoms with E-state index >= 15 is 0 Å². The highest BCUT2D eigenvalue weighted by Crippen LogP contribution is 2.46. The zero-order valence-corrected chi connectivity index (χ0v) is 39.2. The number of aliphatic imine (C=N–C) groups is 2. The molecule has 0 fully saturated rings. The maximum Gasteiger partial charge on any atom is 0.160 e. The van der Waals surface area contributed by atoms with Gasteiger partial charge in [0.15, 0.2) is 11.7 Å². The molecule has 1 N–H and O–H groups in total. The zero-order chi connectivity index (χ0) is 47.8. The van der Waals surface area contributed by atoms with Crippen molar-refractivity contribution in [1.82, 2.24) is 15.3 Å². The Morgan fingerprint density at radius 3 is 1.32 bits per heavy atom. The molecule has 1 aliphatic heterocycles. The minimum atomic E-state index is -0.318. The number of benzene rings is 11. The van der Waals surface area contributed by atoms with E-state index in [9.17, 15) is 0 Å². The molecular weight excluding hydrogens is 875 g/mol. The molecule has 1 unspecified atom stereocenters. The first kappa shape index (κ1) is 42.5. The Morgan fingerprint density at radius 2 is 0.764 bits per heavy atom. The summed E-state index contributed by atoms with van der Waals surface area (Å²) in [5.41, 5.74) is 14.7. The molecule has 0 saturated heterocycles. The summed E-state index contributed by atoms with van der Waals surface area (Å²) in [6, 6.07) is 92.2. The van der Waals surface area contributed by atoms with Gasteiger partial charge in [-0.3, -0.25) is 0 Å². The first-order chi connectivity index (χ1) is 35.7. The predicted molar refractivity (Wildman–Crippen MR) is 299 cm³/mol. The molecule has 5 heteroatoms. The van der Waals surface area contributed by atoms with Gasteiger partial charge >= 0.3 is 0 Å². The molecule has 1 atom stereocenters. The number of fused-ring (bicyclic) bond motifs is 3. The third kappa shape index (κ3) is 8.09. The summed E-state index contributed by atoms with van der Waals surface area (Å²) in [5.74, 6) is 2.16. The Labute approximate surface area is 418 Å². The van der Waals surface area contributed by atoms with E-state index in [0.29, 0.717) is 11.7 Å². The minimum absolute atomic E-state index is 0.318. The molecule has 0 spiro atoms. The molecule has 1 aromatic heterocycles. The third-order valence-corrected chi connectivity index (χ3v) is 13.8. The van der Waals surface area contributed by atoms with Gasteiger partial charge in [-0.25, -0.2) is 20.0 Å². The van der Waals surface area contributed by atoms with E-state index in [4.69, 9.17) is 20.0 Å². The predicted octanol–water partition coefficient (Wildman–Crippen LogP) is 16.4. The second-order valence-corrected chi connectivity index (χ2v) is 18.2. The van der Waals surface area contributed by atoms with Crippen molar-refractivity contribution in [1.29, 1.82) is 0 Å². The van der Waals surface area contributed by atoms with Crippen molar-refractivity contribution in [2.45, 2.75) is 6.17 Å². The number of rotatable bonds is 9. The maximum atomic E-state index is 5.16. The maximum absolute atomic E-state index is 5.16. The van der Waals surface area contributed by atoms with E-state index in [1.165, 1.54) is 43.4 Å². The van der Waals surface area contributed by atoms with Gasteiger partial charge in [-0.1, -0.05) is 249 Å². The number of amidine groups is 2. The summed E-state index contributed by atoms with van der Waals surface area (Å²) < 4.78 is 0. The lowest BCUT2D eigenvalue weighted by Gasteiger charge is -2.24. The van der Waals surface area contributed by atoms with Crippen molar-refractivity contribution in [3.05, 3.63) is 278 Å². The lowest BCUT2D eigenvalue weighted by Crippen LogP contribution is -2.33. The summed E-state index contributed by atoms with van der Waals surface area (Å²) >= 11 is 0. The van der Waals surface area contributed by atoms with Crippen LogP contribution in [0.3, 0.4) is 0 Å². The molecule has 338 valence electrons. The molecule has 13 rings (SSSR count). The Balaban J connectivity index is 0.913. The fourth-order valence-electron chi connectivity index (χ4n) is 10.1. The molecule has 12 aromatic rings. The van der Waals surface area contributed by atoms with E-state index in [2.05, 4.69) is 236 Å². The molecule has 0 aliphatic carbocycles. The second kappa shape index (κ2) is 18.4. The largest absolute Gasteiger partial charge is 0.344 e. The monoisotopic (exact) mass is 919 g/mol. The summed E-state index contributed by atoms with van der Waals surface area (Å²) in [7, 11) is 0. The van der Waals surface area contributed by atoms with Crippen LogP contribution in [0.25, 0.3) is 99.6 Å². The van der Waals surface area contributed by atoms with Crippen molar-refractivity contribution in [3.8, 4) is 67.3 Å². The first-order valence-electron chi connectivity index (χ1n) is 24.4. The molecule has 0 amide bonds. The Hall–Kier alpha value is -9.58. The van der Waals surface area contributed by atoms with Crippen LogP contribution >= 0.6 is 0 Å². The van der Waals surface area contributed by atoms with E-state index in [1.54, 1.807) is 0 Å². The highest BCUT2D eigenvalue weighted by Gasteiger charge is 2.23. The highest BCUT2D eigenvalue weighted by molar-refractivity contribution is 6.16. The van der Waals surface area contributed by atoms with Gasteiger partial charge in [-0.05, 0) is 83.4 Å². The summed E-state index contributed by atoms with van der Waals surface area (Å²) in [6.07, 6.45) is -0.318. The molecule has 2 heterocycles. The van der Waals surface area contributed by atoms with Gasteiger partial charge in [0.05, 0.1) is 11.4 Å². The number of hydrogen-bond donors (Lipinski definition) is 1. The quantitative estimate of drug-likeness (QED) is 0.157. The van der Waals surface area contributed by atoms with Gasteiger partial charge in [-0.2, -0.15) is 0 Å². The van der Waals surface area contributed by atoms with E-state index < -0.39 is 0 Å². The molecule has 0 saturated carbocycles. The molecule has 1 aliphatic rings. The highest BCUT2D eigenvalue weighted by atomic mass is 15.2. The van der Waals surface area contributed by atoms with Crippen LogP contribution in [0.5, 0.6) is 0 Å². The van der Waals surface area contributed by atoms with Gasteiger partial charge in [0, 0.05) is 27.8 Å². The van der Waals surface area contributed by atoms with Gasteiger partial charge in [0.25, 0.3) is 0 Å². The number of aromatic nitrogens is 2. The molecule has 72 heavy (non-hydrogen) atoms. The van der Waals surface area contributed by atoms with Gasteiger partial charge < -0.3 is 5.32 Å². The number of nitrogens with zero attached hydrogens (tertiary/aromatic N) is 4. The second-order valence-electron chi connectivity index (χ2n) is 18.2. The Kier molecular flexibility index (Phi) is 10.9. The normalized spacial score (nSPS) is 13.4. The first-order valence-corrected chi connectivity index (χ1v) is 24.4. The van der Waals surface area contributed by atoms with Crippen molar-refractivity contribution in [3.63, 3.8) is 0 Å². The van der Waals surface area contributed by atoms with Crippen molar-refractivity contribution in [2.75, 3.05) is 0 Å². The van der Waals surface area contributed by atoms with E-state index in [0.717, 1.165) is 72.9 Å².